The van der Waals surface area contributed by atoms with Gasteiger partial charge in [-0.1, -0.05) is 30.3 Å². The summed E-state index contributed by atoms with van der Waals surface area (Å²) in [7, 11) is 1.63. The first-order valence-corrected chi connectivity index (χ1v) is 9.60. The van der Waals surface area contributed by atoms with Crippen LogP contribution in [0.15, 0.2) is 66.9 Å². The Morgan fingerprint density at radius 3 is 2.24 bits per heavy atom. The Morgan fingerprint density at radius 1 is 0.793 bits per heavy atom. The molecule has 0 bridgehead atoms. The lowest BCUT2D eigenvalue weighted by Gasteiger charge is -2.16. The van der Waals surface area contributed by atoms with E-state index in [0.717, 1.165) is 17.1 Å². The number of rotatable bonds is 11. The second-order valence-corrected chi connectivity index (χ2v) is 6.09. The van der Waals surface area contributed by atoms with Crippen LogP contribution < -0.4 is 24.3 Å². The lowest BCUT2D eigenvalue weighted by Crippen LogP contribution is -2.12. The summed E-state index contributed by atoms with van der Waals surface area (Å²) in [4.78, 5) is 4.28. The third-order valence-corrected chi connectivity index (χ3v) is 4.14. The highest BCUT2D eigenvalue weighted by atomic mass is 16.5. The monoisotopic (exact) mass is 394 g/mol. The van der Waals surface area contributed by atoms with E-state index in [4.69, 9.17) is 18.9 Å². The van der Waals surface area contributed by atoms with Gasteiger partial charge in [-0.25, -0.2) is 4.98 Å². The molecule has 0 saturated carbocycles. The molecule has 0 saturated heterocycles. The van der Waals surface area contributed by atoms with Gasteiger partial charge in [-0.2, -0.15) is 0 Å². The second-order valence-electron chi connectivity index (χ2n) is 6.09. The van der Waals surface area contributed by atoms with Gasteiger partial charge >= 0.3 is 0 Å². The van der Waals surface area contributed by atoms with Crippen LogP contribution in [0.1, 0.15) is 12.5 Å². The summed E-state index contributed by atoms with van der Waals surface area (Å²) in [5, 5.41) is 3.30. The molecule has 0 aliphatic carbocycles. The predicted octanol–water partition coefficient (Wildman–Crippen LogP) is 4.56. The summed E-state index contributed by atoms with van der Waals surface area (Å²) < 4.78 is 22.9. The molecular formula is C23H26N2O4. The number of anilines is 1. The van der Waals surface area contributed by atoms with Gasteiger partial charge in [0.05, 0.1) is 13.7 Å². The molecule has 6 heteroatoms. The maximum absolute atomic E-state index is 6.02. The number of hydrogen-bond donors (Lipinski definition) is 1. The van der Waals surface area contributed by atoms with Gasteiger partial charge in [0, 0.05) is 18.3 Å². The van der Waals surface area contributed by atoms with Crippen molar-refractivity contribution >= 4 is 5.82 Å². The average Bonchev–Trinajstić information content (AvgIpc) is 2.77. The minimum absolute atomic E-state index is 0.372. The van der Waals surface area contributed by atoms with E-state index in [0.29, 0.717) is 43.6 Å². The van der Waals surface area contributed by atoms with Crippen LogP contribution in [-0.2, 0) is 6.54 Å². The van der Waals surface area contributed by atoms with E-state index >= 15 is 0 Å². The van der Waals surface area contributed by atoms with Crippen LogP contribution in [0.25, 0.3) is 0 Å². The summed E-state index contributed by atoms with van der Waals surface area (Å²) >= 11 is 0. The first-order valence-electron chi connectivity index (χ1n) is 9.60. The number of aromatic nitrogens is 1. The molecule has 0 atom stereocenters. The van der Waals surface area contributed by atoms with E-state index in [2.05, 4.69) is 10.3 Å². The second kappa shape index (κ2) is 10.8. The zero-order valence-corrected chi connectivity index (χ0v) is 16.8. The highest BCUT2D eigenvalue weighted by Gasteiger charge is 2.11. The topological polar surface area (TPSA) is 61.8 Å². The molecule has 0 unspecified atom stereocenters. The number of para-hydroxylation sites is 3. The number of benzene rings is 2. The van der Waals surface area contributed by atoms with Crippen LogP contribution in [0.2, 0.25) is 0 Å². The summed E-state index contributed by atoms with van der Waals surface area (Å²) in [6, 6.07) is 19.2. The maximum Gasteiger partial charge on any atom is 0.166 e. The molecule has 0 radical (unpaired) electrons. The van der Waals surface area contributed by atoms with E-state index in [-0.39, 0.29) is 0 Å². The fraction of sp³-hybridized carbons (Fsp3) is 0.261. The molecular weight excluding hydrogens is 368 g/mol. The van der Waals surface area contributed by atoms with Crippen molar-refractivity contribution in [3.63, 3.8) is 0 Å². The van der Waals surface area contributed by atoms with Gasteiger partial charge < -0.3 is 24.3 Å². The fourth-order valence-corrected chi connectivity index (χ4v) is 2.82. The Bertz CT molecular complexity index is 887. The van der Waals surface area contributed by atoms with Gasteiger partial charge in [-0.15, -0.1) is 0 Å². The fourth-order valence-electron chi connectivity index (χ4n) is 2.82. The molecule has 6 nitrogen and oxygen atoms in total. The first-order chi connectivity index (χ1) is 14.3. The Balaban J connectivity index is 1.61. The number of pyridine rings is 1. The van der Waals surface area contributed by atoms with Crippen molar-refractivity contribution in [3.8, 4) is 23.0 Å². The Hall–Kier alpha value is -3.41. The summed E-state index contributed by atoms with van der Waals surface area (Å²) in [6.07, 6.45) is 1.75. The Kier molecular flexibility index (Phi) is 7.57. The van der Waals surface area contributed by atoms with Gasteiger partial charge in [0.1, 0.15) is 19.0 Å². The van der Waals surface area contributed by atoms with Crippen LogP contribution in [0, 0.1) is 0 Å². The molecule has 0 aliphatic rings. The molecule has 152 valence electrons. The third kappa shape index (κ3) is 5.78. The van der Waals surface area contributed by atoms with E-state index in [1.54, 1.807) is 13.3 Å². The van der Waals surface area contributed by atoms with Crippen molar-refractivity contribution in [2.75, 3.05) is 32.2 Å². The van der Waals surface area contributed by atoms with Crippen molar-refractivity contribution in [1.82, 2.24) is 4.98 Å². The first kappa shape index (κ1) is 20.3. The highest BCUT2D eigenvalue weighted by molar-refractivity contribution is 5.48. The van der Waals surface area contributed by atoms with Gasteiger partial charge in [0.25, 0.3) is 0 Å². The molecule has 2 aromatic carbocycles. The largest absolute Gasteiger partial charge is 0.493 e. The van der Waals surface area contributed by atoms with E-state index < -0.39 is 0 Å². The predicted molar refractivity (Wildman–Crippen MR) is 113 cm³/mol. The maximum atomic E-state index is 6.02. The smallest absolute Gasteiger partial charge is 0.166 e. The summed E-state index contributed by atoms with van der Waals surface area (Å²) in [6.45, 7) is 3.86. The Labute approximate surface area is 171 Å². The quantitative estimate of drug-likeness (QED) is 0.481. The van der Waals surface area contributed by atoms with Crippen LogP contribution in [0.4, 0.5) is 5.82 Å². The molecule has 0 amide bonds. The van der Waals surface area contributed by atoms with Crippen molar-refractivity contribution in [2.24, 2.45) is 0 Å². The molecule has 1 N–H and O–H groups in total. The zero-order valence-electron chi connectivity index (χ0n) is 16.8. The van der Waals surface area contributed by atoms with Crippen molar-refractivity contribution < 1.29 is 18.9 Å². The van der Waals surface area contributed by atoms with Gasteiger partial charge in [0.2, 0.25) is 0 Å². The lowest BCUT2D eigenvalue weighted by molar-refractivity contribution is 0.202. The van der Waals surface area contributed by atoms with Crippen molar-refractivity contribution in [3.05, 3.63) is 72.4 Å². The van der Waals surface area contributed by atoms with Gasteiger partial charge in [-0.3, -0.25) is 0 Å². The molecule has 1 aromatic heterocycles. The van der Waals surface area contributed by atoms with E-state index in [9.17, 15) is 0 Å². The van der Waals surface area contributed by atoms with Crippen LogP contribution >= 0.6 is 0 Å². The molecule has 3 aromatic rings. The van der Waals surface area contributed by atoms with Crippen LogP contribution in [0.5, 0.6) is 23.0 Å². The van der Waals surface area contributed by atoms with E-state index in [1.165, 1.54) is 0 Å². The summed E-state index contributed by atoms with van der Waals surface area (Å²) in [5.41, 5.74) is 0.977. The van der Waals surface area contributed by atoms with Crippen molar-refractivity contribution in [1.29, 1.82) is 0 Å². The van der Waals surface area contributed by atoms with Crippen molar-refractivity contribution in [2.45, 2.75) is 13.5 Å². The lowest BCUT2D eigenvalue weighted by atomic mass is 10.2. The SMILES string of the molecule is CCOc1ccccc1OCCOc1c(CNc2ccccn2)cccc1OC. The standard InChI is InChI=1S/C23H26N2O4/c1-3-27-19-10-4-5-11-20(19)28-15-16-29-23-18(9-8-12-21(23)26-2)17-25-22-13-6-7-14-24-22/h4-14H,3,15-17H2,1-2H3,(H,24,25). The molecule has 29 heavy (non-hydrogen) atoms. The molecule has 0 spiro atoms. The zero-order chi connectivity index (χ0) is 20.3. The normalized spacial score (nSPS) is 10.3. The number of methoxy groups -OCH3 is 1. The molecule has 0 fully saturated rings. The minimum atomic E-state index is 0.372. The molecule has 3 rings (SSSR count). The van der Waals surface area contributed by atoms with Crippen LogP contribution in [-0.4, -0.2) is 31.9 Å². The molecule has 1 heterocycles. The highest BCUT2D eigenvalue weighted by Crippen LogP contribution is 2.32. The van der Waals surface area contributed by atoms with Crippen LogP contribution in [0.3, 0.4) is 0 Å². The third-order valence-electron chi connectivity index (χ3n) is 4.14. The minimum Gasteiger partial charge on any atom is -0.493 e. The summed E-state index contributed by atoms with van der Waals surface area (Å²) in [5.74, 6) is 3.61. The average molecular weight is 394 g/mol. The van der Waals surface area contributed by atoms with Gasteiger partial charge in [-0.05, 0) is 37.3 Å². The molecule has 0 aliphatic heterocycles. The number of ether oxygens (including phenoxy) is 4. The number of nitrogens with one attached hydrogen (secondary N) is 1. The Morgan fingerprint density at radius 2 is 1.52 bits per heavy atom. The number of hydrogen-bond acceptors (Lipinski definition) is 6. The van der Waals surface area contributed by atoms with Gasteiger partial charge in [0.15, 0.2) is 23.0 Å². The number of nitrogens with zero attached hydrogens (tertiary/aromatic N) is 1. The van der Waals surface area contributed by atoms with E-state index in [1.807, 2.05) is 67.6 Å².